The van der Waals surface area contributed by atoms with Crippen molar-refractivity contribution in [2.75, 3.05) is 0 Å². The first kappa shape index (κ1) is 7.85. The van der Waals surface area contributed by atoms with E-state index in [1.165, 1.54) is 19.3 Å². The van der Waals surface area contributed by atoms with Crippen molar-refractivity contribution >= 4 is 0 Å². The standard InChI is InChI=1S/C12H15/c1-2-10-7-5-8-11-6-3-4-9-12(10)11/h2,4-5,8-10H,3,6-7H2,1H3/q-1. The normalized spacial score (nSPS) is 27.6. The third-order valence-corrected chi connectivity index (χ3v) is 2.76. The molecule has 0 aromatic rings. The lowest BCUT2D eigenvalue weighted by molar-refractivity contribution is 0.701. The summed E-state index contributed by atoms with van der Waals surface area (Å²) in [6.45, 7) is 2.16. The van der Waals surface area contributed by atoms with Gasteiger partial charge in [0.1, 0.15) is 0 Å². The van der Waals surface area contributed by atoms with E-state index in [-0.39, 0.29) is 0 Å². The van der Waals surface area contributed by atoms with Crippen molar-refractivity contribution in [3.63, 3.8) is 0 Å². The molecule has 64 valence electrons. The molecule has 1 unspecified atom stereocenters. The highest BCUT2D eigenvalue weighted by atomic mass is 14.2. The Bertz CT molecular complexity index is 253. The molecule has 12 heavy (non-hydrogen) atoms. The van der Waals surface area contributed by atoms with Crippen LogP contribution in [0.5, 0.6) is 0 Å². The van der Waals surface area contributed by atoms with Crippen molar-refractivity contribution in [2.45, 2.75) is 26.2 Å². The fourth-order valence-corrected chi connectivity index (χ4v) is 2.04. The molecule has 2 aliphatic rings. The molecule has 0 spiro atoms. The molecule has 0 aromatic heterocycles. The highest BCUT2D eigenvalue weighted by Crippen LogP contribution is 2.33. The minimum absolute atomic E-state index is 0.682. The van der Waals surface area contributed by atoms with E-state index in [9.17, 15) is 0 Å². The van der Waals surface area contributed by atoms with E-state index in [1.54, 1.807) is 11.1 Å². The monoisotopic (exact) mass is 159 g/mol. The molecule has 0 aromatic carbocycles. The van der Waals surface area contributed by atoms with Crippen LogP contribution in [0.3, 0.4) is 0 Å². The Morgan fingerprint density at radius 1 is 1.33 bits per heavy atom. The first-order chi connectivity index (χ1) is 5.92. The van der Waals surface area contributed by atoms with E-state index < -0.39 is 0 Å². The van der Waals surface area contributed by atoms with Crippen LogP contribution in [0.15, 0.2) is 35.5 Å². The summed E-state index contributed by atoms with van der Waals surface area (Å²) in [5.41, 5.74) is 3.12. The Kier molecular flexibility index (Phi) is 2.16. The molecule has 0 heteroatoms. The van der Waals surface area contributed by atoms with Gasteiger partial charge in [0.05, 0.1) is 0 Å². The van der Waals surface area contributed by atoms with E-state index in [0.29, 0.717) is 5.92 Å². The van der Waals surface area contributed by atoms with Crippen LogP contribution in [-0.2, 0) is 0 Å². The Morgan fingerprint density at radius 3 is 3.08 bits per heavy atom. The van der Waals surface area contributed by atoms with Crippen molar-refractivity contribution in [1.82, 2.24) is 0 Å². The summed E-state index contributed by atoms with van der Waals surface area (Å²) in [4.78, 5) is 0. The molecule has 0 bridgehead atoms. The number of hydrogen-bond acceptors (Lipinski definition) is 0. The first-order valence-electron chi connectivity index (χ1n) is 4.77. The maximum atomic E-state index is 2.31. The van der Waals surface area contributed by atoms with Crippen LogP contribution in [0.25, 0.3) is 0 Å². The lowest BCUT2D eigenvalue weighted by atomic mass is 9.81. The summed E-state index contributed by atoms with van der Waals surface area (Å²) in [7, 11) is 0. The van der Waals surface area contributed by atoms with Gasteiger partial charge < -0.3 is 6.42 Å². The van der Waals surface area contributed by atoms with Crippen LogP contribution < -0.4 is 0 Å². The molecule has 1 atom stereocenters. The summed E-state index contributed by atoms with van der Waals surface area (Å²) in [5.74, 6) is 0.682. The average Bonchev–Trinajstić information content (AvgIpc) is 2.17. The lowest BCUT2D eigenvalue weighted by Crippen LogP contribution is -2.09. The molecule has 0 N–H and O–H groups in total. The van der Waals surface area contributed by atoms with Crippen LogP contribution in [0.1, 0.15) is 26.2 Å². The summed E-state index contributed by atoms with van der Waals surface area (Å²) < 4.78 is 0. The quantitative estimate of drug-likeness (QED) is 0.514. The Morgan fingerprint density at radius 2 is 2.25 bits per heavy atom. The van der Waals surface area contributed by atoms with Crippen molar-refractivity contribution in [3.8, 4) is 0 Å². The van der Waals surface area contributed by atoms with Gasteiger partial charge in [0.2, 0.25) is 0 Å². The number of hydrogen-bond donors (Lipinski definition) is 0. The second-order valence-corrected chi connectivity index (χ2v) is 3.50. The minimum Gasteiger partial charge on any atom is -0.324 e. The van der Waals surface area contributed by atoms with Crippen LogP contribution >= 0.6 is 0 Å². The Labute approximate surface area is 74.7 Å². The van der Waals surface area contributed by atoms with Gasteiger partial charge in [-0.25, -0.2) is 0 Å². The van der Waals surface area contributed by atoms with Gasteiger partial charge in [-0.05, 0) is 18.4 Å². The van der Waals surface area contributed by atoms with Crippen LogP contribution in [-0.4, -0.2) is 0 Å². The van der Waals surface area contributed by atoms with Gasteiger partial charge in [-0.1, -0.05) is 36.3 Å². The molecule has 2 rings (SSSR count). The second kappa shape index (κ2) is 3.30. The number of allylic oxidation sites excluding steroid dienone is 6. The van der Waals surface area contributed by atoms with E-state index in [2.05, 4.69) is 37.6 Å². The van der Waals surface area contributed by atoms with Crippen molar-refractivity contribution in [3.05, 3.63) is 41.9 Å². The van der Waals surface area contributed by atoms with Crippen molar-refractivity contribution < 1.29 is 0 Å². The fraction of sp³-hybridized carbons (Fsp3) is 0.417. The second-order valence-electron chi connectivity index (χ2n) is 3.50. The van der Waals surface area contributed by atoms with Crippen LogP contribution in [0, 0.1) is 12.3 Å². The van der Waals surface area contributed by atoms with Crippen LogP contribution in [0.2, 0.25) is 0 Å². The van der Waals surface area contributed by atoms with E-state index >= 15 is 0 Å². The predicted octanol–water partition coefficient (Wildman–Crippen LogP) is 3.43. The molecule has 0 nitrogen and oxygen atoms in total. The minimum atomic E-state index is 0.682. The predicted molar refractivity (Wildman–Crippen MR) is 52.6 cm³/mol. The molecule has 0 radical (unpaired) electrons. The summed E-state index contributed by atoms with van der Waals surface area (Å²) >= 11 is 0. The Hall–Kier alpha value is -0.780. The van der Waals surface area contributed by atoms with Gasteiger partial charge in [-0.15, -0.1) is 5.92 Å². The van der Waals surface area contributed by atoms with Gasteiger partial charge in [0.15, 0.2) is 0 Å². The van der Waals surface area contributed by atoms with E-state index in [4.69, 9.17) is 0 Å². The molecule has 0 heterocycles. The van der Waals surface area contributed by atoms with Gasteiger partial charge >= 0.3 is 0 Å². The first-order valence-corrected chi connectivity index (χ1v) is 4.77. The highest BCUT2D eigenvalue weighted by molar-refractivity contribution is 5.41. The molecular weight excluding hydrogens is 144 g/mol. The molecule has 0 fully saturated rings. The lowest BCUT2D eigenvalue weighted by Gasteiger charge is -2.30. The zero-order chi connectivity index (χ0) is 8.39. The summed E-state index contributed by atoms with van der Waals surface area (Å²) in [5, 5.41) is 0. The molecule has 0 aliphatic heterocycles. The van der Waals surface area contributed by atoms with Gasteiger partial charge in [-0.2, -0.15) is 6.92 Å². The molecule has 0 saturated heterocycles. The zero-order valence-electron chi connectivity index (χ0n) is 7.59. The average molecular weight is 159 g/mol. The molecule has 2 aliphatic carbocycles. The van der Waals surface area contributed by atoms with Crippen molar-refractivity contribution in [2.24, 2.45) is 5.92 Å². The van der Waals surface area contributed by atoms with Crippen molar-refractivity contribution in [1.29, 1.82) is 0 Å². The van der Waals surface area contributed by atoms with E-state index in [1.807, 2.05) is 0 Å². The zero-order valence-corrected chi connectivity index (χ0v) is 7.59. The maximum absolute atomic E-state index is 2.31. The molecule has 0 amide bonds. The smallest absolute Gasteiger partial charge is 0.0242 e. The van der Waals surface area contributed by atoms with Gasteiger partial charge in [-0.3, -0.25) is 0 Å². The molecular formula is C12H15-. The number of rotatable bonds is 1. The Balaban J connectivity index is 2.30. The fourth-order valence-electron chi connectivity index (χ4n) is 2.04. The van der Waals surface area contributed by atoms with Gasteiger partial charge in [0.25, 0.3) is 0 Å². The van der Waals surface area contributed by atoms with Crippen LogP contribution in [0.4, 0.5) is 0 Å². The SMILES string of the molecule is C[CH-]C1CC=CC2=C1C=CCC2. The largest absolute Gasteiger partial charge is 0.324 e. The third-order valence-electron chi connectivity index (χ3n) is 2.76. The highest BCUT2D eigenvalue weighted by Gasteiger charge is 2.12. The molecule has 0 saturated carbocycles. The van der Waals surface area contributed by atoms with Gasteiger partial charge in [0, 0.05) is 0 Å². The topological polar surface area (TPSA) is 0 Å². The van der Waals surface area contributed by atoms with E-state index in [0.717, 1.165) is 0 Å². The maximum Gasteiger partial charge on any atom is -0.0242 e. The third kappa shape index (κ3) is 1.26. The summed E-state index contributed by atoms with van der Waals surface area (Å²) in [6.07, 6.45) is 15.2. The summed E-state index contributed by atoms with van der Waals surface area (Å²) in [6, 6.07) is 0.